The van der Waals surface area contributed by atoms with Crippen molar-refractivity contribution < 1.29 is 10.1 Å². The van der Waals surface area contributed by atoms with Crippen LogP contribution in [0.15, 0.2) is 41.8 Å². The summed E-state index contributed by atoms with van der Waals surface area (Å²) < 4.78 is 0. The summed E-state index contributed by atoms with van der Waals surface area (Å²) in [7, 11) is 0. The minimum Gasteiger partial charge on any atom is -0.333 e. The standard InChI is InChI=1S/C23H29N3OS/c1-2-3-7-18-9-11-19(12-10-18)22(20-8-6-15-28-20)25-16-21(27)26-23(17-24)13-4-5-14-23/h6,8-12,15,22,25H,2-5,7,13-14,16H2,1H3,(H,26,27)/p+1/t22-/m0/s1. The maximum absolute atomic E-state index is 12.6. The number of nitriles is 1. The Labute approximate surface area is 172 Å². The third-order valence-electron chi connectivity index (χ3n) is 5.60. The summed E-state index contributed by atoms with van der Waals surface area (Å²) in [6.45, 7) is 2.53. The molecule has 148 valence electrons. The van der Waals surface area contributed by atoms with Crippen LogP contribution in [-0.4, -0.2) is 18.0 Å². The van der Waals surface area contributed by atoms with Crippen LogP contribution in [0.4, 0.5) is 0 Å². The number of carbonyl (C=O) groups excluding carboxylic acids is 1. The van der Waals surface area contributed by atoms with Crippen LogP contribution in [0.2, 0.25) is 0 Å². The normalized spacial score (nSPS) is 16.4. The predicted octanol–water partition coefficient (Wildman–Crippen LogP) is 3.70. The molecular weight excluding hydrogens is 366 g/mol. The fourth-order valence-electron chi connectivity index (χ4n) is 3.94. The molecule has 28 heavy (non-hydrogen) atoms. The Morgan fingerprint density at radius 1 is 1.29 bits per heavy atom. The van der Waals surface area contributed by atoms with Crippen molar-refractivity contribution in [3.05, 3.63) is 57.8 Å². The second-order valence-electron chi connectivity index (χ2n) is 7.73. The van der Waals surface area contributed by atoms with Crippen LogP contribution < -0.4 is 10.6 Å². The average Bonchev–Trinajstić information content (AvgIpc) is 3.40. The number of nitrogens with one attached hydrogen (secondary N) is 1. The Morgan fingerprint density at radius 2 is 2.04 bits per heavy atom. The van der Waals surface area contributed by atoms with Gasteiger partial charge in [0.15, 0.2) is 6.54 Å². The first kappa shape index (κ1) is 20.6. The number of amides is 1. The van der Waals surface area contributed by atoms with Crippen molar-refractivity contribution in [2.75, 3.05) is 6.54 Å². The largest absolute Gasteiger partial charge is 0.333 e. The van der Waals surface area contributed by atoms with Crippen LogP contribution in [0, 0.1) is 11.3 Å². The summed E-state index contributed by atoms with van der Waals surface area (Å²) in [4.78, 5) is 13.8. The first-order chi connectivity index (χ1) is 13.7. The molecule has 0 saturated heterocycles. The Hall–Kier alpha value is -2.16. The molecule has 5 heteroatoms. The summed E-state index contributed by atoms with van der Waals surface area (Å²) in [6, 6.07) is 15.4. The number of thiophene rings is 1. The van der Waals surface area contributed by atoms with E-state index in [1.54, 1.807) is 11.3 Å². The number of nitrogens with two attached hydrogens (primary N) is 1. The molecule has 0 unspecified atom stereocenters. The zero-order valence-corrected chi connectivity index (χ0v) is 17.4. The van der Waals surface area contributed by atoms with Crippen LogP contribution in [-0.2, 0) is 11.2 Å². The van der Waals surface area contributed by atoms with E-state index in [4.69, 9.17) is 0 Å². The van der Waals surface area contributed by atoms with Gasteiger partial charge in [0, 0.05) is 5.56 Å². The van der Waals surface area contributed by atoms with Gasteiger partial charge in [-0.25, -0.2) is 0 Å². The molecular formula is C23H30N3OS+. The van der Waals surface area contributed by atoms with Gasteiger partial charge in [0.1, 0.15) is 11.6 Å². The van der Waals surface area contributed by atoms with E-state index in [9.17, 15) is 10.1 Å². The van der Waals surface area contributed by atoms with Crippen LogP contribution >= 0.6 is 11.3 Å². The number of hydrogen-bond acceptors (Lipinski definition) is 3. The molecule has 0 aliphatic heterocycles. The zero-order chi connectivity index (χ0) is 19.8. The minimum atomic E-state index is -0.649. The third-order valence-corrected chi connectivity index (χ3v) is 6.55. The number of aryl methyl sites for hydroxylation is 1. The predicted molar refractivity (Wildman–Crippen MR) is 113 cm³/mol. The SMILES string of the molecule is CCCCc1ccc([C@H]([NH2+]CC(=O)NC2(C#N)CCCC2)c2cccs2)cc1. The molecule has 1 aromatic heterocycles. The molecule has 1 aliphatic rings. The molecule has 3 N–H and O–H groups in total. The van der Waals surface area contributed by atoms with E-state index >= 15 is 0 Å². The van der Waals surface area contributed by atoms with Gasteiger partial charge >= 0.3 is 0 Å². The fraction of sp³-hybridized carbons (Fsp3) is 0.478. The van der Waals surface area contributed by atoms with Gasteiger partial charge in [-0.2, -0.15) is 5.26 Å². The highest BCUT2D eigenvalue weighted by atomic mass is 32.1. The van der Waals surface area contributed by atoms with Crippen molar-refractivity contribution in [3.8, 4) is 6.07 Å². The van der Waals surface area contributed by atoms with E-state index in [1.165, 1.54) is 28.8 Å². The van der Waals surface area contributed by atoms with Gasteiger partial charge in [-0.1, -0.05) is 43.7 Å². The Morgan fingerprint density at radius 3 is 2.64 bits per heavy atom. The maximum Gasteiger partial charge on any atom is 0.276 e. The highest BCUT2D eigenvalue weighted by Crippen LogP contribution is 2.28. The van der Waals surface area contributed by atoms with E-state index in [1.807, 2.05) is 0 Å². The van der Waals surface area contributed by atoms with Crippen LogP contribution in [0.25, 0.3) is 0 Å². The summed E-state index contributed by atoms with van der Waals surface area (Å²) in [6.07, 6.45) is 7.08. The maximum atomic E-state index is 12.6. The number of quaternary nitrogens is 1. The molecule has 0 spiro atoms. The number of unbranched alkanes of at least 4 members (excludes halogenated alkanes) is 1. The van der Waals surface area contributed by atoms with E-state index in [0.29, 0.717) is 6.54 Å². The second-order valence-corrected chi connectivity index (χ2v) is 8.71. The molecule has 0 bridgehead atoms. The number of nitrogens with zero attached hydrogens (tertiary/aromatic N) is 1. The van der Waals surface area contributed by atoms with Crippen molar-refractivity contribution in [2.24, 2.45) is 0 Å². The van der Waals surface area contributed by atoms with Crippen molar-refractivity contribution in [1.29, 1.82) is 5.26 Å². The summed E-state index contributed by atoms with van der Waals surface area (Å²) in [5.41, 5.74) is 1.93. The molecule has 1 fully saturated rings. The first-order valence-electron chi connectivity index (χ1n) is 10.3. The lowest BCUT2D eigenvalue weighted by Crippen LogP contribution is -2.88. The van der Waals surface area contributed by atoms with Gasteiger partial charge in [-0.15, -0.1) is 11.3 Å². The van der Waals surface area contributed by atoms with Crippen molar-refractivity contribution in [2.45, 2.75) is 63.5 Å². The monoisotopic (exact) mass is 396 g/mol. The van der Waals surface area contributed by atoms with Crippen LogP contribution in [0.5, 0.6) is 0 Å². The summed E-state index contributed by atoms with van der Waals surface area (Å²) >= 11 is 1.72. The smallest absolute Gasteiger partial charge is 0.276 e. The molecule has 1 heterocycles. The molecule has 1 atom stereocenters. The zero-order valence-electron chi connectivity index (χ0n) is 16.6. The molecule has 0 radical (unpaired) electrons. The first-order valence-corrected chi connectivity index (χ1v) is 11.2. The van der Waals surface area contributed by atoms with Gasteiger partial charge in [0.25, 0.3) is 5.91 Å². The number of rotatable bonds is 9. The lowest BCUT2D eigenvalue weighted by molar-refractivity contribution is -0.676. The molecule has 1 aliphatic carbocycles. The molecule has 4 nitrogen and oxygen atoms in total. The molecule has 1 saturated carbocycles. The average molecular weight is 397 g/mol. The molecule has 2 aromatic rings. The number of benzene rings is 1. The van der Waals surface area contributed by atoms with Gasteiger partial charge < -0.3 is 10.6 Å². The number of hydrogen-bond donors (Lipinski definition) is 2. The third kappa shape index (κ3) is 5.21. The van der Waals surface area contributed by atoms with Crippen molar-refractivity contribution in [3.63, 3.8) is 0 Å². The van der Waals surface area contributed by atoms with Gasteiger partial charge in [0.05, 0.1) is 10.9 Å². The van der Waals surface area contributed by atoms with E-state index in [0.717, 1.165) is 32.1 Å². The van der Waals surface area contributed by atoms with E-state index < -0.39 is 5.54 Å². The van der Waals surface area contributed by atoms with Crippen molar-refractivity contribution >= 4 is 17.2 Å². The summed E-state index contributed by atoms with van der Waals surface area (Å²) in [5, 5.41) is 16.6. The number of carbonyl (C=O) groups is 1. The highest BCUT2D eigenvalue weighted by Gasteiger charge is 2.35. The molecule has 1 aromatic carbocycles. The Kier molecular flexibility index (Phi) is 7.24. The topological polar surface area (TPSA) is 69.5 Å². The van der Waals surface area contributed by atoms with Gasteiger partial charge in [-0.3, -0.25) is 4.79 Å². The molecule has 1 amide bonds. The Balaban J connectivity index is 1.66. The minimum absolute atomic E-state index is 0.0513. The summed E-state index contributed by atoms with van der Waals surface area (Å²) in [5.74, 6) is -0.0513. The van der Waals surface area contributed by atoms with Gasteiger partial charge in [0.2, 0.25) is 0 Å². The Bertz CT molecular complexity index is 786. The fourth-order valence-corrected chi connectivity index (χ4v) is 4.79. The van der Waals surface area contributed by atoms with E-state index in [-0.39, 0.29) is 11.9 Å². The quantitative estimate of drug-likeness (QED) is 0.679. The van der Waals surface area contributed by atoms with Crippen LogP contribution in [0.3, 0.4) is 0 Å². The van der Waals surface area contributed by atoms with E-state index in [2.05, 4.69) is 65.4 Å². The molecule has 3 rings (SSSR count). The lowest BCUT2D eigenvalue weighted by Gasteiger charge is -2.22. The van der Waals surface area contributed by atoms with Gasteiger partial charge in [-0.05, 0) is 55.5 Å². The lowest BCUT2D eigenvalue weighted by atomic mass is 9.99. The van der Waals surface area contributed by atoms with Crippen LogP contribution in [0.1, 0.15) is 67.5 Å². The highest BCUT2D eigenvalue weighted by molar-refractivity contribution is 7.10. The van der Waals surface area contributed by atoms with Crippen molar-refractivity contribution in [1.82, 2.24) is 5.32 Å². The second kappa shape index (κ2) is 9.86.